The standard InChI is InChI=1S/C28H39N3O3/c1-20-15-25(10-7-24(20)18-31-14-13-29-21(2)17-31)30(3)28(33)23-8-11-26(12-9-23)34-27-6-4-5-22(16-27)19-32/h4-7,10,15-16,21,23,26,29,32H,8-9,11-14,17-19H2,1-3H3. The van der Waals surface area contributed by atoms with Gasteiger partial charge in [-0.3, -0.25) is 9.69 Å². The van der Waals surface area contributed by atoms with E-state index in [4.69, 9.17) is 4.74 Å². The van der Waals surface area contributed by atoms with E-state index >= 15 is 0 Å². The Labute approximate surface area is 203 Å². The number of benzene rings is 2. The normalized spacial score (nSPS) is 23.5. The Hall–Kier alpha value is -2.41. The zero-order valence-corrected chi connectivity index (χ0v) is 20.8. The van der Waals surface area contributed by atoms with Crippen molar-refractivity contribution in [1.82, 2.24) is 10.2 Å². The summed E-state index contributed by atoms with van der Waals surface area (Å²) in [6.07, 6.45) is 3.54. The van der Waals surface area contributed by atoms with Crippen LogP contribution in [-0.4, -0.2) is 54.7 Å². The molecule has 2 fully saturated rings. The number of nitrogens with one attached hydrogen (secondary N) is 1. The van der Waals surface area contributed by atoms with E-state index in [0.717, 1.165) is 68.9 Å². The maximum absolute atomic E-state index is 13.2. The summed E-state index contributed by atoms with van der Waals surface area (Å²) in [5.41, 5.74) is 4.40. The monoisotopic (exact) mass is 465 g/mol. The van der Waals surface area contributed by atoms with Crippen LogP contribution >= 0.6 is 0 Å². The number of anilines is 1. The van der Waals surface area contributed by atoms with Crippen LogP contribution in [0.15, 0.2) is 42.5 Å². The molecule has 2 aliphatic rings. The van der Waals surface area contributed by atoms with Crippen molar-refractivity contribution in [3.63, 3.8) is 0 Å². The molecule has 184 valence electrons. The van der Waals surface area contributed by atoms with Crippen molar-refractivity contribution in [2.24, 2.45) is 5.92 Å². The minimum atomic E-state index is 0.0141. The molecule has 0 aromatic heterocycles. The van der Waals surface area contributed by atoms with Crippen LogP contribution in [0.5, 0.6) is 5.75 Å². The fourth-order valence-electron chi connectivity index (χ4n) is 5.20. The molecular weight excluding hydrogens is 426 g/mol. The zero-order valence-electron chi connectivity index (χ0n) is 20.8. The van der Waals surface area contributed by atoms with Crippen LogP contribution in [0.4, 0.5) is 5.69 Å². The van der Waals surface area contributed by atoms with Gasteiger partial charge in [0.2, 0.25) is 5.91 Å². The second-order valence-electron chi connectivity index (χ2n) is 10.00. The number of ether oxygens (including phenoxy) is 1. The number of nitrogens with zero attached hydrogens (tertiary/aromatic N) is 2. The van der Waals surface area contributed by atoms with Crippen molar-refractivity contribution in [1.29, 1.82) is 0 Å². The SMILES string of the molecule is Cc1cc(N(C)C(=O)C2CCC(Oc3cccc(CO)c3)CC2)ccc1CN1CCNC(C)C1. The molecule has 2 aromatic carbocycles. The molecular formula is C28H39N3O3. The van der Waals surface area contributed by atoms with Crippen LogP contribution in [0, 0.1) is 12.8 Å². The van der Waals surface area contributed by atoms with Gasteiger partial charge < -0.3 is 20.1 Å². The first kappa shape index (κ1) is 24.7. The summed E-state index contributed by atoms with van der Waals surface area (Å²) in [7, 11) is 1.90. The molecule has 4 rings (SSSR count). The molecule has 34 heavy (non-hydrogen) atoms. The van der Waals surface area contributed by atoms with E-state index in [1.165, 1.54) is 11.1 Å². The third-order valence-corrected chi connectivity index (χ3v) is 7.30. The van der Waals surface area contributed by atoms with E-state index in [0.29, 0.717) is 6.04 Å². The molecule has 1 aliphatic carbocycles. The minimum absolute atomic E-state index is 0.0141. The van der Waals surface area contributed by atoms with Crippen molar-refractivity contribution < 1.29 is 14.6 Å². The van der Waals surface area contributed by atoms with Crippen LogP contribution in [-0.2, 0) is 17.9 Å². The lowest BCUT2D eigenvalue weighted by Gasteiger charge is -2.32. The number of amides is 1. The first-order chi connectivity index (χ1) is 16.4. The molecule has 0 radical (unpaired) electrons. The fourth-order valence-corrected chi connectivity index (χ4v) is 5.20. The number of carbonyl (C=O) groups is 1. The van der Waals surface area contributed by atoms with Gasteiger partial charge in [0.1, 0.15) is 5.75 Å². The van der Waals surface area contributed by atoms with Gasteiger partial charge in [-0.05, 0) is 80.5 Å². The summed E-state index contributed by atoms with van der Waals surface area (Å²) < 4.78 is 6.12. The Bertz CT molecular complexity index is 971. The Morgan fingerprint density at radius 3 is 2.68 bits per heavy atom. The largest absolute Gasteiger partial charge is 0.490 e. The summed E-state index contributed by atoms with van der Waals surface area (Å²) in [5.74, 6) is 1.03. The first-order valence-electron chi connectivity index (χ1n) is 12.6. The number of aliphatic hydroxyl groups is 1. The van der Waals surface area contributed by atoms with Crippen LogP contribution in [0.25, 0.3) is 0 Å². The van der Waals surface area contributed by atoms with Crippen molar-refractivity contribution in [3.8, 4) is 5.75 Å². The van der Waals surface area contributed by atoms with Crippen LogP contribution in [0.2, 0.25) is 0 Å². The molecule has 2 N–H and O–H groups in total. The summed E-state index contributed by atoms with van der Waals surface area (Å²) in [5, 5.41) is 12.8. The van der Waals surface area contributed by atoms with Crippen molar-refractivity contribution >= 4 is 11.6 Å². The van der Waals surface area contributed by atoms with E-state index in [1.807, 2.05) is 36.2 Å². The quantitative estimate of drug-likeness (QED) is 0.650. The molecule has 1 atom stereocenters. The topological polar surface area (TPSA) is 65.0 Å². The highest BCUT2D eigenvalue weighted by Gasteiger charge is 2.30. The highest BCUT2D eigenvalue weighted by atomic mass is 16.5. The highest BCUT2D eigenvalue weighted by molar-refractivity contribution is 5.94. The van der Waals surface area contributed by atoms with Crippen molar-refractivity contribution in [3.05, 3.63) is 59.2 Å². The Balaban J connectivity index is 1.30. The second-order valence-corrected chi connectivity index (χ2v) is 10.00. The van der Waals surface area contributed by atoms with E-state index < -0.39 is 0 Å². The van der Waals surface area contributed by atoms with Gasteiger partial charge in [0.25, 0.3) is 0 Å². The maximum atomic E-state index is 13.2. The third kappa shape index (κ3) is 6.17. The molecule has 1 aliphatic heterocycles. The smallest absolute Gasteiger partial charge is 0.229 e. The first-order valence-corrected chi connectivity index (χ1v) is 12.6. The number of carbonyl (C=O) groups excluding carboxylic acids is 1. The zero-order chi connectivity index (χ0) is 24.1. The predicted molar refractivity (Wildman–Crippen MR) is 136 cm³/mol. The number of hydrogen-bond acceptors (Lipinski definition) is 5. The summed E-state index contributed by atoms with van der Waals surface area (Å²) in [6.45, 7) is 8.54. The van der Waals surface area contributed by atoms with Gasteiger partial charge in [0.15, 0.2) is 0 Å². The van der Waals surface area contributed by atoms with Gasteiger partial charge in [0.05, 0.1) is 12.7 Å². The van der Waals surface area contributed by atoms with Crippen molar-refractivity contribution in [2.45, 2.75) is 64.8 Å². The van der Waals surface area contributed by atoms with Crippen LogP contribution < -0.4 is 15.0 Å². The average molecular weight is 466 g/mol. The second kappa shape index (κ2) is 11.3. The van der Waals surface area contributed by atoms with Gasteiger partial charge in [0, 0.05) is 50.9 Å². The van der Waals surface area contributed by atoms with Gasteiger partial charge in [-0.25, -0.2) is 0 Å². The number of aliphatic hydroxyl groups excluding tert-OH is 1. The predicted octanol–water partition coefficient (Wildman–Crippen LogP) is 3.88. The number of piperazine rings is 1. The van der Waals surface area contributed by atoms with Gasteiger partial charge in [-0.1, -0.05) is 18.2 Å². The van der Waals surface area contributed by atoms with Crippen LogP contribution in [0.3, 0.4) is 0 Å². The molecule has 6 heteroatoms. The molecule has 1 saturated carbocycles. The van der Waals surface area contributed by atoms with E-state index in [1.54, 1.807) is 0 Å². The lowest BCUT2D eigenvalue weighted by Crippen LogP contribution is -2.48. The fraction of sp³-hybridized carbons (Fsp3) is 0.536. The summed E-state index contributed by atoms with van der Waals surface area (Å²) >= 11 is 0. The van der Waals surface area contributed by atoms with Crippen LogP contribution in [0.1, 0.15) is 49.3 Å². The summed E-state index contributed by atoms with van der Waals surface area (Å²) in [4.78, 5) is 17.6. The summed E-state index contributed by atoms with van der Waals surface area (Å²) in [6, 6.07) is 14.6. The van der Waals surface area contributed by atoms with E-state index in [-0.39, 0.29) is 24.5 Å². The number of hydrogen-bond donors (Lipinski definition) is 2. The number of aryl methyl sites for hydroxylation is 1. The molecule has 1 saturated heterocycles. The lowest BCUT2D eigenvalue weighted by molar-refractivity contribution is -0.123. The molecule has 1 unspecified atom stereocenters. The average Bonchev–Trinajstić information content (AvgIpc) is 2.85. The number of rotatable bonds is 7. The lowest BCUT2D eigenvalue weighted by atomic mass is 9.86. The van der Waals surface area contributed by atoms with Crippen molar-refractivity contribution in [2.75, 3.05) is 31.6 Å². The maximum Gasteiger partial charge on any atom is 0.229 e. The molecule has 6 nitrogen and oxygen atoms in total. The highest BCUT2D eigenvalue weighted by Crippen LogP contribution is 2.31. The van der Waals surface area contributed by atoms with Gasteiger partial charge in [-0.15, -0.1) is 0 Å². The Kier molecular flexibility index (Phi) is 8.24. The third-order valence-electron chi connectivity index (χ3n) is 7.30. The van der Waals surface area contributed by atoms with Gasteiger partial charge >= 0.3 is 0 Å². The van der Waals surface area contributed by atoms with E-state index in [2.05, 4.69) is 42.3 Å². The Morgan fingerprint density at radius 2 is 1.97 bits per heavy atom. The molecule has 1 heterocycles. The molecule has 2 aromatic rings. The molecule has 0 bridgehead atoms. The van der Waals surface area contributed by atoms with E-state index in [9.17, 15) is 9.90 Å². The minimum Gasteiger partial charge on any atom is -0.490 e. The molecule has 1 amide bonds. The molecule has 0 spiro atoms. The van der Waals surface area contributed by atoms with Gasteiger partial charge in [-0.2, -0.15) is 0 Å². The Morgan fingerprint density at radius 1 is 1.18 bits per heavy atom.